The summed E-state index contributed by atoms with van der Waals surface area (Å²) in [6, 6.07) is 0. The van der Waals surface area contributed by atoms with Crippen molar-refractivity contribution in [2.45, 2.75) is 200 Å². The highest BCUT2D eigenvalue weighted by atomic mass is 31.2. The molecule has 1 saturated heterocycles. The molecule has 0 aromatic carbocycles. The molecule has 48 heavy (non-hydrogen) atoms. The molecule has 3 unspecified atom stereocenters. The summed E-state index contributed by atoms with van der Waals surface area (Å²) in [5.41, 5.74) is 0. The van der Waals surface area contributed by atoms with Crippen molar-refractivity contribution in [3.63, 3.8) is 0 Å². The van der Waals surface area contributed by atoms with Gasteiger partial charge in [-0.1, -0.05) is 142 Å². The summed E-state index contributed by atoms with van der Waals surface area (Å²) in [4.78, 5) is 42.8. The third kappa shape index (κ3) is 28.6. The molecule has 0 aromatic rings. The molecule has 2 N–H and O–H groups in total. The lowest BCUT2D eigenvalue weighted by Crippen LogP contribution is -2.29. The average Bonchev–Trinajstić information content (AvgIpc) is 3.81. The van der Waals surface area contributed by atoms with Gasteiger partial charge in [0.2, 0.25) is 0 Å². The highest BCUT2D eigenvalue weighted by molar-refractivity contribution is 7.46. The first-order chi connectivity index (χ1) is 23.1. The lowest BCUT2D eigenvalue weighted by molar-refractivity contribution is -0.161. The van der Waals surface area contributed by atoms with Crippen LogP contribution in [0.1, 0.15) is 181 Å². The van der Waals surface area contributed by atoms with Crippen molar-refractivity contribution in [1.82, 2.24) is 0 Å². The van der Waals surface area contributed by atoms with Gasteiger partial charge in [0, 0.05) is 12.8 Å². The summed E-state index contributed by atoms with van der Waals surface area (Å²) in [5.74, 6) is -0.0571. The predicted octanol–water partition coefficient (Wildman–Crippen LogP) is 10.3. The minimum Gasteiger partial charge on any atom is -0.462 e. The Bertz CT molecular complexity index is 874. The molecule has 1 heterocycles. The number of phosphoric acid groups is 1. The third-order valence-electron chi connectivity index (χ3n) is 9.25. The quantitative estimate of drug-likeness (QED) is 0.0221. The van der Waals surface area contributed by atoms with Crippen LogP contribution in [0.2, 0.25) is 0 Å². The van der Waals surface area contributed by atoms with E-state index in [1.54, 1.807) is 0 Å². The van der Waals surface area contributed by atoms with Crippen molar-refractivity contribution in [2.24, 2.45) is 5.92 Å². The van der Waals surface area contributed by atoms with E-state index in [0.717, 1.165) is 70.1 Å². The Morgan fingerprint density at radius 1 is 0.729 bits per heavy atom. The molecule has 1 aliphatic heterocycles. The maximum absolute atomic E-state index is 12.4. The van der Waals surface area contributed by atoms with Gasteiger partial charge in [-0.25, -0.2) is 4.57 Å². The van der Waals surface area contributed by atoms with Crippen molar-refractivity contribution in [3.05, 3.63) is 12.2 Å². The normalized spacial score (nSPS) is 17.4. The standard InChI is InChI=1S/C38H71O9P/c1-4-6-7-8-17-22-27-35-36(47-35)28-23-18-15-20-24-29-37(39)44-31-34(32-45-48(41,42)43)46-38(40)30-25-19-14-12-10-9-11-13-16-21-26-33(3)5-2/h17,22,33-36H,4-16,18-21,23-32H2,1-3H3,(H2,41,42,43)/b22-17-/t33?,34-,35?,36?/m1/s1. The van der Waals surface area contributed by atoms with Crippen LogP contribution >= 0.6 is 7.82 Å². The SMILES string of the molecule is CCCCC/C=C\CC1OC1CCCCCCCC(=O)OC[C@H](COP(=O)(O)O)OC(=O)CCCCCCCCCCCCC(C)CC. The largest absolute Gasteiger partial charge is 0.469 e. The Morgan fingerprint density at radius 3 is 1.92 bits per heavy atom. The second-order valence-electron chi connectivity index (χ2n) is 13.9. The number of carbonyl (C=O) groups excluding carboxylic acids is 2. The minimum atomic E-state index is -4.75. The van der Waals surface area contributed by atoms with E-state index in [9.17, 15) is 14.2 Å². The predicted molar refractivity (Wildman–Crippen MR) is 193 cm³/mol. The van der Waals surface area contributed by atoms with Crippen molar-refractivity contribution >= 4 is 19.8 Å². The number of phosphoric ester groups is 1. The van der Waals surface area contributed by atoms with Crippen LogP contribution in [0.5, 0.6) is 0 Å². The molecule has 282 valence electrons. The van der Waals surface area contributed by atoms with E-state index in [-0.39, 0.29) is 19.4 Å². The van der Waals surface area contributed by atoms with Gasteiger partial charge >= 0.3 is 19.8 Å². The molecule has 1 aliphatic rings. The van der Waals surface area contributed by atoms with Crippen LogP contribution in [0.3, 0.4) is 0 Å². The first-order valence-corrected chi connectivity index (χ1v) is 21.0. The van der Waals surface area contributed by atoms with E-state index in [4.69, 9.17) is 24.0 Å². The van der Waals surface area contributed by atoms with Crippen LogP contribution in [0, 0.1) is 5.92 Å². The number of hydrogen-bond donors (Lipinski definition) is 2. The minimum absolute atomic E-state index is 0.209. The molecule has 0 radical (unpaired) electrons. The van der Waals surface area contributed by atoms with Gasteiger partial charge in [-0.15, -0.1) is 0 Å². The molecule has 10 heteroatoms. The van der Waals surface area contributed by atoms with Crippen LogP contribution in [-0.4, -0.2) is 53.3 Å². The van der Waals surface area contributed by atoms with Crippen molar-refractivity contribution < 1.29 is 42.7 Å². The highest BCUT2D eigenvalue weighted by Crippen LogP contribution is 2.36. The number of epoxide rings is 1. The highest BCUT2D eigenvalue weighted by Gasteiger charge is 2.36. The molecule has 1 rings (SSSR count). The average molecular weight is 703 g/mol. The number of allylic oxidation sites excluding steroid dienone is 1. The van der Waals surface area contributed by atoms with Gasteiger partial charge in [0.1, 0.15) is 6.61 Å². The van der Waals surface area contributed by atoms with Crippen LogP contribution in [0.25, 0.3) is 0 Å². The summed E-state index contributed by atoms with van der Waals surface area (Å²) in [7, 11) is -4.75. The van der Waals surface area contributed by atoms with Gasteiger partial charge in [-0.2, -0.15) is 0 Å². The van der Waals surface area contributed by atoms with E-state index >= 15 is 0 Å². The Labute approximate surface area is 292 Å². The van der Waals surface area contributed by atoms with Crippen LogP contribution in [0.4, 0.5) is 0 Å². The van der Waals surface area contributed by atoms with E-state index in [1.807, 2.05) is 0 Å². The lowest BCUT2D eigenvalue weighted by Gasteiger charge is -2.18. The smallest absolute Gasteiger partial charge is 0.462 e. The van der Waals surface area contributed by atoms with Crippen molar-refractivity contribution in [1.29, 1.82) is 0 Å². The number of carbonyl (C=O) groups is 2. The number of unbranched alkanes of at least 4 members (excludes halogenated alkanes) is 16. The van der Waals surface area contributed by atoms with Gasteiger partial charge in [-0.3, -0.25) is 14.1 Å². The number of rotatable bonds is 34. The summed E-state index contributed by atoms with van der Waals surface area (Å²) in [5, 5.41) is 0. The van der Waals surface area contributed by atoms with Gasteiger partial charge in [-0.05, 0) is 44.4 Å². The van der Waals surface area contributed by atoms with E-state index < -0.39 is 32.5 Å². The van der Waals surface area contributed by atoms with E-state index in [1.165, 1.54) is 70.6 Å². The zero-order valence-corrected chi connectivity index (χ0v) is 31.6. The second-order valence-corrected chi connectivity index (χ2v) is 15.1. The third-order valence-corrected chi connectivity index (χ3v) is 9.73. The van der Waals surface area contributed by atoms with Gasteiger partial charge < -0.3 is 24.0 Å². The van der Waals surface area contributed by atoms with Gasteiger partial charge in [0.05, 0.1) is 18.8 Å². The van der Waals surface area contributed by atoms with Crippen LogP contribution < -0.4 is 0 Å². The van der Waals surface area contributed by atoms with E-state index in [0.29, 0.717) is 25.0 Å². The molecular formula is C38H71O9P. The first-order valence-electron chi connectivity index (χ1n) is 19.5. The molecule has 1 fully saturated rings. The van der Waals surface area contributed by atoms with Gasteiger partial charge in [0.15, 0.2) is 6.10 Å². The topological polar surface area (TPSA) is 132 Å². The fraction of sp³-hybridized carbons (Fsp3) is 0.895. The zero-order chi connectivity index (χ0) is 35.3. The molecular weight excluding hydrogens is 631 g/mol. The Morgan fingerprint density at radius 2 is 1.31 bits per heavy atom. The number of ether oxygens (including phenoxy) is 3. The lowest BCUT2D eigenvalue weighted by atomic mass is 9.99. The molecule has 0 saturated carbocycles. The van der Waals surface area contributed by atoms with E-state index in [2.05, 4.69) is 37.4 Å². The van der Waals surface area contributed by atoms with Crippen LogP contribution in [-0.2, 0) is 32.9 Å². The molecule has 0 spiro atoms. The Hall–Kier alpha value is -1.25. The van der Waals surface area contributed by atoms with Crippen molar-refractivity contribution in [2.75, 3.05) is 13.2 Å². The Kier molecular flexibility index (Phi) is 27.5. The van der Waals surface area contributed by atoms with Crippen LogP contribution in [0.15, 0.2) is 12.2 Å². The maximum Gasteiger partial charge on any atom is 0.469 e. The second kappa shape index (κ2) is 29.5. The molecule has 0 aliphatic carbocycles. The molecule has 0 aromatic heterocycles. The number of hydrogen-bond acceptors (Lipinski definition) is 7. The monoisotopic (exact) mass is 702 g/mol. The molecule has 0 amide bonds. The summed E-state index contributed by atoms with van der Waals surface area (Å²) in [6.07, 6.45) is 30.9. The molecule has 0 bridgehead atoms. The summed E-state index contributed by atoms with van der Waals surface area (Å²) < 4.78 is 32.1. The molecule has 4 atom stereocenters. The summed E-state index contributed by atoms with van der Waals surface area (Å²) >= 11 is 0. The summed E-state index contributed by atoms with van der Waals surface area (Å²) in [6.45, 7) is 5.98. The number of esters is 2. The fourth-order valence-electron chi connectivity index (χ4n) is 5.83. The first kappa shape index (κ1) is 44.8. The van der Waals surface area contributed by atoms with Gasteiger partial charge in [0.25, 0.3) is 0 Å². The zero-order valence-electron chi connectivity index (χ0n) is 30.8. The fourth-order valence-corrected chi connectivity index (χ4v) is 6.19. The maximum atomic E-state index is 12.4. The Balaban J connectivity index is 2.09. The molecule has 9 nitrogen and oxygen atoms in total. The van der Waals surface area contributed by atoms with Crippen molar-refractivity contribution in [3.8, 4) is 0 Å².